The highest BCUT2D eigenvalue weighted by molar-refractivity contribution is 7.19. The Morgan fingerprint density at radius 1 is 1.10 bits per heavy atom. The van der Waals surface area contributed by atoms with E-state index in [0.29, 0.717) is 0 Å². The summed E-state index contributed by atoms with van der Waals surface area (Å²) in [4.78, 5) is 1.21. The number of halogens is 1. The lowest BCUT2D eigenvalue weighted by molar-refractivity contribution is 0.630. The third kappa shape index (κ3) is 2.59. The maximum Gasteiger partial charge on any atom is 0.124 e. The van der Waals surface area contributed by atoms with E-state index in [9.17, 15) is 4.39 Å². The van der Waals surface area contributed by atoms with Gasteiger partial charge in [0, 0.05) is 9.58 Å². The van der Waals surface area contributed by atoms with E-state index in [1.165, 1.54) is 27.6 Å². The number of hydrogen-bond donors (Lipinski definition) is 1. The number of aryl methyl sites for hydroxylation is 1. The van der Waals surface area contributed by atoms with Crippen molar-refractivity contribution in [1.82, 2.24) is 5.32 Å². The molecule has 1 atom stereocenters. The van der Waals surface area contributed by atoms with Crippen LogP contribution in [0.25, 0.3) is 10.1 Å². The third-order valence-corrected chi connectivity index (χ3v) is 5.19. The minimum Gasteiger partial charge on any atom is -0.309 e. The van der Waals surface area contributed by atoms with Crippen LogP contribution in [0.1, 0.15) is 27.6 Å². The van der Waals surface area contributed by atoms with Gasteiger partial charge in [-0.1, -0.05) is 24.3 Å². The predicted molar refractivity (Wildman–Crippen MR) is 88.6 cm³/mol. The highest BCUT2D eigenvalue weighted by Crippen LogP contribution is 2.34. The van der Waals surface area contributed by atoms with Gasteiger partial charge in [0.2, 0.25) is 0 Å². The van der Waals surface area contributed by atoms with Gasteiger partial charge in [0.1, 0.15) is 5.82 Å². The molecular formula is C18H18FNS. The van der Waals surface area contributed by atoms with Gasteiger partial charge < -0.3 is 5.32 Å². The lowest BCUT2D eigenvalue weighted by Gasteiger charge is -2.18. The Balaban J connectivity index is 2.11. The van der Waals surface area contributed by atoms with E-state index >= 15 is 0 Å². The fourth-order valence-electron chi connectivity index (χ4n) is 2.71. The van der Waals surface area contributed by atoms with E-state index in [1.54, 1.807) is 17.4 Å². The molecule has 0 saturated heterocycles. The highest BCUT2D eigenvalue weighted by atomic mass is 32.1. The number of benzene rings is 2. The summed E-state index contributed by atoms with van der Waals surface area (Å²) in [5.41, 5.74) is 3.88. The van der Waals surface area contributed by atoms with Crippen LogP contribution in [0.3, 0.4) is 0 Å². The van der Waals surface area contributed by atoms with Crippen LogP contribution in [0.15, 0.2) is 42.5 Å². The van der Waals surface area contributed by atoms with Gasteiger partial charge in [0.25, 0.3) is 0 Å². The van der Waals surface area contributed by atoms with E-state index < -0.39 is 0 Å². The van der Waals surface area contributed by atoms with E-state index in [4.69, 9.17) is 0 Å². The van der Waals surface area contributed by atoms with E-state index in [1.807, 2.05) is 13.1 Å². The molecule has 3 heteroatoms. The molecule has 1 unspecified atom stereocenters. The van der Waals surface area contributed by atoms with Gasteiger partial charge >= 0.3 is 0 Å². The van der Waals surface area contributed by atoms with Gasteiger partial charge in [-0.15, -0.1) is 11.3 Å². The first-order valence-electron chi connectivity index (χ1n) is 7.02. The average Bonchev–Trinajstić information content (AvgIpc) is 2.87. The molecule has 0 aliphatic rings. The van der Waals surface area contributed by atoms with Crippen molar-refractivity contribution in [2.75, 3.05) is 7.05 Å². The molecule has 0 radical (unpaired) electrons. The quantitative estimate of drug-likeness (QED) is 0.720. The van der Waals surface area contributed by atoms with Gasteiger partial charge in [-0.05, 0) is 61.2 Å². The lowest BCUT2D eigenvalue weighted by atomic mass is 9.96. The van der Waals surface area contributed by atoms with Gasteiger partial charge in [-0.3, -0.25) is 0 Å². The monoisotopic (exact) mass is 299 g/mol. The Kier molecular flexibility index (Phi) is 3.79. The van der Waals surface area contributed by atoms with Gasteiger partial charge in [0.15, 0.2) is 0 Å². The zero-order chi connectivity index (χ0) is 15.0. The van der Waals surface area contributed by atoms with Crippen LogP contribution in [0.5, 0.6) is 0 Å². The zero-order valence-electron chi connectivity index (χ0n) is 12.4. The van der Waals surface area contributed by atoms with E-state index in [2.05, 4.69) is 43.4 Å². The molecule has 108 valence electrons. The number of thiophene rings is 1. The summed E-state index contributed by atoms with van der Waals surface area (Å²) in [5, 5.41) is 4.49. The molecule has 3 rings (SSSR count). The Bertz CT molecular complexity index is 791. The van der Waals surface area contributed by atoms with Gasteiger partial charge in [-0.2, -0.15) is 0 Å². The molecule has 0 bridgehead atoms. The maximum absolute atomic E-state index is 13.4. The highest BCUT2D eigenvalue weighted by Gasteiger charge is 2.17. The summed E-state index contributed by atoms with van der Waals surface area (Å²) >= 11 is 1.65. The molecule has 0 aliphatic heterocycles. The van der Waals surface area contributed by atoms with Crippen molar-refractivity contribution in [3.8, 4) is 0 Å². The largest absolute Gasteiger partial charge is 0.309 e. The molecule has 1 heterocycles. The first kappa shape index (κ1) is 14.2. The summed E-state index contributed by atoms with van der Waals surface area (Å²) in [7, 11) is 1.97. The van der Waals surface area contributed by atoms with Crippen LogP contribution < -0.4 is 5.32 Å². The van der Waals surface area contributed by atoms with Gasteiger partial charge in [-0.25, -0.2) is 4.39 Å². The summed E-state index contributed by atoms with van der Waals surface area (Å²) < 4.78 is 14.4. The van der Waals surface area contributed by atoms with Crippen molar-refractivity contribution in [3.63, 3.8) is 0 Å². The van der Waals surface area contributed by atoms with Crippen molar-refractivity contribution >= 4 is 21.4 Å². The summed E-state index contributed by atoms with van der Waals surface area (Å²) in [6, 6.07) is 13.7. The SMILES string of the molecule is CNC(c1cc2ccc(F)cc2s1)c1cccc(C)c1C. The summed E-state index contributed by atoms with van der Waals surface area (Å²) in [5.74, 6) is -0.177. The second-order valence-corrected chi connectivity index (χ2v) is 6.46. The minimum absolute atomic E-state index is 0.144. The van der Waals surface area contributed by atoms with Crippen molar-refractivity contribution in [2.45, 2.75) is 19.9 Å². The van der Waals surface area contributed by atoms with Crippen LogP contribution in [0.2, 0.25) is 0 Å². The third-order valence-electron chi connectivity index (χ3n) is 4.03. The second-order valence-electron chi connectivity index (χ2n) is 5.34. The normalized spacial score (nSPS) is 12.8. The molecule has 3 aromatic rings. The number of nitrogens with one attached hydrogen (secondary N) is 1. The molecule has 1 N–H and O–H groups in total. The first-order valence-corrected chi connectivity index (χ1v) is 7.84. The van der Waals surface area contributed by atoms with Crippen LogP contribution in [-0.2, 0) is 0 Å². The van der Waals surface area contributed by atoms with Crippen molar-refractivity contribution < 1.29 is 4.39 Å². The Morgan fingerprint density at radius 3 is 2.67 bits per heavy atom. The number of rotatable bonds is 3. The molecule has 0 saturated carbocycles. The molecule has 0 amide bonds. The molecule has 1 aromatic heterocycles. The molecule has 0 aliphatic carbocycles. The van der Waals surface area contributed by atoms with E-state index in [0.717, 1.165) is 10.1 Å². The smallest absolute Gasteiger partial charge is 0.124 e. The molecule has 0 fully saturated rings. The van der Waals surface area contributed by atoms with Crippen molar-refractivity contribution in [3.05, 3.63) is 69.8 Å². The predicted octanol–water partition coefficient (Wildman–Crippen LogP) is 4.97. The van der Waals surface area contributed by atoms with Crippen LogP contribution in [0.4, 0.5) is 4.39 Å². The minimum atomic E-state index is -0.177. The summed E-state index contributed by atoms with van der Waals surface area (Å²) in [6.45, 7) is 4.29. The van der Waals surface area contributed by atoms with Crippen molar-refractivity contribution in [1.29, 1.82) is 0 Å². The Morgan fingerprint density at radius 2 is 1.90 bits per heavy atom. The molecule has 1 nitrogen and oxygen atoms in total. The van der Waals surface area contributed by atoms with Crippen molar-refractivity contribution in [2.24, 2.45) is 0 Å². The fourth-order valence-corrected chi connectivity index (χ4v) is 3.92. The van der Waals surface area contributed by atoms with E-state index in [-0.39, 0.29) is 11.9 Å². The first-order chi connectivity index (χ1) is 10.1. The second kappa shape index (κ2) is 5.58. The van der Waals surface area contributed by atoms with Crippen LogP contribution >= 0.6 is 11.3 Å². The Labute approximate surface area is 128 Å². The Hall–Kier alpha value is -1.71. The average molecular weight is 299 g/mol. The molecular weight excluding hydrogens is 281 g/mol. The molecule has 0 spiro atoms. The van der Waals surface area contributed by atoms with Crippen LogP contribution in [0, 0.1) is 19.7 Å². The van der Waals surface area contributed by atoms with Gasteiger partial charge in [0.05, 0.1) is 6.04 Å². The maximum atomic E-state index is 13.4. The summed E-state index contributed by atoms with van der Waals surface area (Å²) in [6.07, 6.45) is 0. The number of fused-ring (bicyclic) bond motifs is 1. The number of hydrogen-bond acceptors (Lipinski definition) is 2. The molecule has 2 aromatic carbocycles. The zero-order valence-corrected chi connectivity index (χ0v) is 13.2. The molecule has 21 heavy (non-hydrogen) atoms. The van der Waals surface area contributed by atoms with Crippen LogP contribution in [-0.4, -0.2) is 7.05 Å². The topological polar surface area (TPSA) is 12.0 Å². The standard InChI is InChI=1S/C18H18FNS/c1-11-5-4-6-15(12(11)2)18(20-3)17-9-13-7-8-14(19)10-16(13)21-17/h4-10,18,20H,1-3H3. The fraction of sp³-hybridized carbons (Fsp3) is 0.222. The lowest BCUT2D eigenvalue weighted by Crippen LogP contribution is -2.17.